The van der Waals surface area contributed by atoms with Crippen molar-refractivity contribution < 1.29 is 13.6 Å². The zero-order valence-electron chi connectivity index (χ0n) is 12.7. The summed E-state index contributed by atoms with van der Waals surface area (Å²) < 4.78 is 27.2. The van der Waals surface area contributed by atoms with Crippen molar-refractivity contribution in [1.82, 2.24) is 5.32 Å². The standard InChI is InChI=1S/C17H22F2N2O/c1-9-5-13(15(19)8-14(9)18)17(22)21-16-10-3-2-4-11(16)7-12(20)6-10/h5,8,10-12,16H,2-4,6-7,20H2,1H3,(H,21,22). The molecule has 0 aromatic heterocycles. The average Bonchev–Trinajstić information content (AvgIpc) is 2.43. The minimum absolute atomic E-state index is 0.0609. The zero-order valence-corrected chi connectivity index (χ0v) is 12.7. The Bertz CT molecular complexity index is 576. The SMILES string of the molecule is Cc1cc(C(=O)NC2C3CCCC2CC(N)C3)c(F)cc1F. The van der Waals surface area contributed by atoms with Crippen LogP contribution in [0.4, 0.5) is 8.78 Å². The number of halogens is 2. The lowest BCUT2D eigenvalue weighted by atomic mass is 9.67. The molecule has 2 aliphatic carbocycles. The van der Waals surface area contributed by atoms with Gasteiger partial charge in [0.2, 0.25) is 0 Å². The molecule has 0 spiro atoms. The first kappa shape index (κ1) is 15.4. The zero-order chi connectivity index (χ0) is 15.9. The Kier molecular flexibility index (Phi) is 4.17. The van der Waals surface area contributed by atoms with Gasteiger partial charge in [0.1, 0.15) is 11.6 Å². The molecule has 2 fully saturated rings. The highest BCUT2D eigenvalue weighted by atomic mass is 19.1. The van der Waals surface area contributed by atoms with E-state index in [9.17, 15) is 13.6 Å². The maximum absolute atomic E-state index is 13.9. The number of aryl methyl sites for hydroxylation is 1. The molecule has 22 heavy (non-hydrogen) atoms. The molecular weight excluding hydrogens is 286 g/mol. The lowest BCUT2D eigenvalue weighted by Gasteiger charge is -2.45. The Balaban J connectivity index is 1.78. The number of rotatable bonds is 2. The van der Waals surface area contributed by atoms with Crippen molar-refractivity contribution >= 4 is 5.91 Å². The lowest BCUT2D eigenvalue weighted by Crippen LogP contribution is -2.53. The summed E-state index contributed by atoms with van der Waals surface area (Å²) in [4.78, 5) is 12.4. The second-order valence-electron chi connectivity index (χ2n) is 6.76. The number of benzene rings is 1. The number of nitrogens with two attached hydrogens (primary N) is 1. The number of fused-ring (bicyclic) bond motifs is 2. The molecule has 2 unspecified atom stereocenters. The van der Waals surface area contributed by atoms with E-state index in [0.717, 1.165) is 31.7 Å². The first-order valence-electron chi connectivity index (χ1n) is 7.97. The molecule has 0 heterocycles. The third-order valence-corrected chi connectivity index (χ3v) is 5.17. The number of nitrogens with one attached hydrogen (secondary N) is 1. The van der Waals surface area contributed by atoms with E-state index < -0.39 is 17.5 Å². The van der Waals surface area contributed by atoms with E-state index in [1.807, 2.05) is 0 Å². The van der Waals surface area contributed by atoms with Crippen LogP contribution in [-0.4, -0.2) is 18.0 Å². The molecule has 120 valence electrons. The molecule has 0 saturated heterocycles. The van der Waals surface area contributed by atoms with Gasteiger partial charge in [-0.25, -0.2) is 8.78 Å². The molecule has 1 aromatic carbocycles. The van der Waals surface area contributed by atoms with Gasteiger partial charge in [0.25, 0.3) is 5.91 Å². The fraction of sp³-hybridized carbons (Fsp3) is 0.588. The summed E-state index contributed by atoms with van der Waals surface area (Å²) >= 11 is 0. The number of carbonyl (C=O) groups is 1. The monoisotopic (exact) mass is 308 g/mol. The second-order valence-corrected chi connectivity index (χ2v) is 6.76. The summed E-state index contributed by atoms with van der Waals surface area (Å²) in [7, 11) is 0. The molecule has 0 radical (unpaired) electrons. The number of carbonyl (C=O) groups excluding carboxylic acids is 1. The third kappa shape index (κ3) is 2.86. The molecule has 3 rings (SSSR count). The van der Waals surface area contributed by atoms with Crippen molar-refractivity contribution in [2.24, 2.45) is 17.6 Å². The van der Waals surface area contributed by atoms with Crippen LogP contribution >= 0.6 is 0 Å². The summed E-state index contributed by atoms with van der Waals surface area (Å²) in [6, 6.07) is 2.32. The van der Waals surface area contributed by atoms with Gasteiger partial charge in [0, 0.05) is 18.2 Å². The molecule has 5 heteroatoms. The molecular formula is C17H22F2N2O. The Morgan fingerprint density at radius 2 is 1.82 bits per heavy atom. The van der Waals surface area contributed by atoms with Crippen molar-refractivity contribution in [1.29, 1.82) is 0 Å². The topological polar surface area (TPSA) is 55.1 Å². The summed E-state index contributed by atoms with van der Waals surface area (Å²) in [6.07, 6.45) is 5.09. The van der Waals surface area contributed by atoms with Gasteiger partial charge in [-0.15, -0.1) is 0 Å². The van der Waals surface area contributed by atoms with Gasteiger partial charge < -0.3 is 11.1 Å². The highest BCUT2D eigenvalue weighted by Crippen LogP contribution is 2.39. The molecule has 0 aliphatic heterocycles. The Morgan fingerprint density at radius 1 is 1.18 bits per heavy atom. The summed E-state index contributed by atoms with van der Waals surface area (Å²) in [5, 5.41) is 2.99. The Morgan fingerprint density at radius 3 is 2.45 bits per heavy atom. The van der Waals surface area contributed by atoms with Gasteiger partial charge >= 0.3 is 0 Å². The van der Waals surface area contributed by atoms with Crippen molar-refractivity contribution in [3.63, 3.8) is 0 Å². The Labute approximate surface area is 129 Å². The van der Waals surface area contributed by atoms with Gasteiger partial charge in [-0.3, -0.25) is 4.79 Å². The van der Waals surface area contributed by atoms with E-state index in [-0.39, 0.29) is 23.2 Å². The van der Waals surface area contributed by atoms with E-state index in [2.05, 4.69) is 5.32 Å². The van der Waals surface area contributed by atoms with Crippen LogP contribution in [0.3, 0.4) is 0 Å². The van der Waals surface area contributed by atoms with Crippen LogP contribution in [0.15, 0.2) is 12.1 Å². The van der Waals surface area contributed by atoms with E-state index in [4.69, 9.17) is 5.73 Å². The highest BCUT2D eigenvalue weighted by Gasteiger charge is 2.40. The first-order chi connectivity index (χ1) is 10.5. The van der Waals surface area contributed by atoms with Crippen molar-refractivity contribution in [2.75, 3.05) is 0 Å². The minimum atomic E-state index is -0.807. The summed E-state index contributed by atoms with van der Waals surface area (Å²) in [6.45, 7) is 1.53. The van der Waals surface area contributed by atoms with Gasteiger partial charge in [-0.05, 0) is 56.1 Å². The lowest BCUT2D eigenvalue weighted by molar-refractivity contribution is 0.0752. The molecule has 3 nitrogen and oxygen atoms in total. The van der Waals surface area contributed by atoms with Crippen LogP contribution in [0.1, 0.15) is 48.0 Å². The minimum Gasteiger partial charge on any atom is -0.349 e. The normalized spacial score (nSPS) is 30.9. The van der Waals surface area contributed by atoms with Gasteiger partial charge in [0.05, 0.1) is 5.56 Å². The van der Waals surface area contributed by atoms with E-state index in [0.29, 0.717) is 11.8 Å². The van der Waals surface area contributed by atoms with Crippen LogP contribution in [0, 0.1) is 30.4 Å². The van der Waals surface area contributed by atoms with Crippen molar-refractivity contribution in [3.05, 3.63) is 34.9 Å². The maximum Gasteiger partial charge on any atom is 0.254 e. The van der Waals surface area contributed by atoms with Crippen LogP contribution in [0.5, 0.6) is 0 Å². The molecule has 2 saturated carbocycles. The maximum atomic E-state index is 13.9. The second kappa shape index (κ2) is 5.95. The van der Waals surface area contributed by atoms with E-state index in [1.54, 1.807) is 0 Å². The van der Waals surface area contributed by atoms with Crippen LogP contribution in [-0.2, 0) is 0 Å². The largest absolute Gasteiger partial charge is 0.349 e. The quantitative estimate of drug-likeness (QED) is 0.882. The predicted molar refractivity (Wildman–Crippen MR) is 80.4 cm³/mol. The number of hydrogen-bond donors (Lipinski definition) is 2. The van der Waals surface area contributed by atoms with Crippen molar-refractivity contribution in [3.8, 4) is 0 Å². The molecule has 3 N–H and O–H groups in total. The fourth-order valence-corrected chi connectivity index (χ4v) is 4.09. The molecule has 1 amide bonds. The predicted octanol–water partition coefficient (Wildman–Crippen LogP) is 2.91. The first-order valence-corrected chi connectivity index (χ1v) is 7.97. The molecule has 2 atom stereocenters. The fourth-order valence-electron chi connectivity index (χ4n) is 4.09. The highest BCUT2D eigenvalue weighted by molar-refractivity contribution is 5.94. The van der Waals surface area contributed by atoms with E-state index >= 15 is 0 Å². The molecule has 2 aliphatic rings. The smallest absolute Gasteiger partial charge is 0.254 e. The Hall–Kier alpha value is -1.49. The number of hydrogen-bond acceptors (Lipinski definition) is 2. The van der Waals surface area contributed by atoms with Crippen LogP contribution in [0.2, 0.25) is 0 Å². The van der Waals surface area contributed by atoms with Crippen LogP contribution in [0.25, 0.3) is 0 Å². The van der Waals surface area contributed by atoms with Gasteiger partial charge in [-0.2, -0.15) is 0 Å². The van der Waals surface area contributed by atoms with Crippen molar-refractivity contribution in [2.45, 2.75) is 51.1 Å². The van der Waals surface area contributed by atoms with Crippen LogP contribution < -0.4 is 11.1 Å². The van der Waals surface area contributed by atoms with Gasteiger partial charge in [-0.1, -0.05) is 6.42 Å². The van der Waals surface area contributed by atoms with Gasteiger partial charge in [0.15, 0.2) is 0 Å². The summed E-state index contributed by atoms with van der Waals surface area (Å²) in [5.74, 6) is -1.14. The number of amides is 1. The van der Waals surface area contributed by atoms with E-state index in [1.165, 1.54) is 19.4 Å². The summed E-state index contributed by atoms with van der Waals surface area (Å²) in [5.41, 5.74) is 6.27. The average molecular weight is 308 g/mol. The molecule has 2 bridgehead atoms. The third-order valence-electron chi connectivity index (χ3n) is 5.17. The molecule has 1 aromatic rings.